The van der Waals surface area contributed by atoms with Crippen molar-refractivity contribution in [2.75, 3.05) is 17.2 Å². The maximum atomic E-state index is 12.5. The molecule has 0 atom stereocenters. The lowest BCUT2D eigenvalue weighted by Gasteiger charge is -2.13. The van der Waals surface area contributed by atoms with Crippen LogP contribution < -0.4 is 15.4 Å². The van der Waals surface area contributed by atoms with E-state index in [4.69, 9.17) is 0 Å². The first kappa shape index (κ1) is 24.6. The molecule has 2 aromatic carbocycles. The van der Waals surface area contributed by atoms with Gasteiger partial charge in [-0.3, -0.25) is 9.59 Å². The van der Waals surface area contributed by atoms with Crippen molar-refractivity contribution < 1.29 is 18.0 Å². The summed E-state index contributed by atoms with van der Waals surface area (Å²) in [5.74, 6) is -0.382. The molecule has 0 unspecified atom stereocenters. The van der Waals surface area contributed by atoms with Gasteiger partial charge in [-0.25, -0.2) is 13.1 Å². The van der Waals surface area contributed by atoms with E-state index in [0.717, 1.165) is 25.7 Å². The highest BCUT2D eigenvalue weighted by Crippen LogP contribution is 2.17. The summed E-state index contributed by atoms with van der Waals surface area (Å²) in [7, 11) is -3.55. The van der Waals surface area contributed by atoms with Gasteiger partial charge in [0.05, 0.1) is 4.90 Å². The van der Waals surface area contributed by atoms with Gasteiger partial charge in [-0.15, -0.1) is 0 Å². The smallest absolute Gasteiger partial charge is 0.255 e. The zero-order chi connectivity index (χ0) is 22.9. The van der Waals surface area contributed by atoms with Crippen LogP contribution in [0.2, 0.25) is 0 Å². The molecular formula is C23H31N3O4S. The minimum absolute atomic E-state index is 0.0265. The number of amides is 2. The molecule has 0 aromatic heterocycles. The number of benzene rings is 2. The third kappa shape index (κ3) is 7.18. The second-order valence-corrected chi connectivity index (χ2v) is 9.08. The average molecular weight is 446 g/mol. The first-order chi connectivity index (χ1) is 14.8. The van der Waals surface area contributed by atoms with Crippen LogP contribution in [0.25, 0.3) is 0 Å². The van der Waals surface area contributed by atoms with Crippen LogP contribution >= 0.6 is 0 Å². The molecule has 0 saturated carbocycles. The number of unbranched alkanes of at least 4 members (excludes halogenated alkanes) is 1. The third-order valence-electron chi connectivity index (χ3n) is 5.02. The highest BCUT2D eigenvalue weighted by atomic mass is 32.2. The summed E-state index contributed by atoms with van der Waals surface area (Å²) in [6.45, 7) is 6.34. The fourth-order valence-corrected chi connectivity index (χ4v) is 4.07. The van der Waals surface area contributed by atoms with Crippen LogP contribution in [0, 0.1) is 5.92 Å². The molecule has 2 amide bonds. The monoisotopic (exact) mass is 445 g/mol. The van der Waals surface area contributed by atoms with Gasteiger partial charge in [0.15, 0.2) is 0 Å². The Labute approximate surface area is 184 Å². The summed E-state index contributed by atoms with van der Waals surface area (Å²) in [4.78, 5) is 24.8. The van der Waals surface area contributed by atoms with Crippen molar-refractivity contribution >= 4 is 33.2 Å². The third-order valence-corrected chi connectivity index (χ3v) is 6.49. The molecule has 0 aliphatic heterocycles. The van der Waals surface area contributed by atoms with Gasteiger partial charge in [0.1, 0.15) is 0 Å². The van der Waals surface area contributed by atoms with Gasteiger partial charge in [0, 0.05) is 29.4 Å². The second-order valence-electron chi connectivity index (χ2n) is 7.31. The van der Waals surface area contributed by atoms with Crippen LogP contribution in [0.3, 0.4) is 0 Å². The van der Waals surface area contributed by atoms with Crippen molar-refractivity contribution in [3.05, 3.63) is 54.1 Å². The Balaban J connectivity index is 1.98. The summed E-state index contributed by atoms with van der Waals surface area (Å²) in [5.41, 5.74) is 1.56. The molecule has 2 rings (SSSR count). The van der Waals surface area contributed by atoms with Crippen molar-refractivity contribution in [3.8, 4) is 0 Å². The van der Waals surface area contributed by atoms with Gasteiger partial charge in [0.2, 0.25) is 15.9 Å². The Kier molecular flexibility index (Phi) is 9.21. The average Bonchev–Trinajstić information content (AvgIpc) is 2.75. The number of anilines is 2. The maximum absolute atomic E-state index is 12.5. The minimum Gasteiger partial charge on any atom is -0.326 e. The molecule has 0 radical (unpaired) electrons. The SMILES string of the molecule is CCCCNS(=O)(=O)c1ccc(NC(=O)c2ccc(NC(=O)C(CC)CC)cc2)cc1. The number of sulfonamides is 1. The number of hydrogen-bond donors (Lipinski definition) is 3. The predicted octanol–water partition coefficient (Wildman–Crippen LogP) is 4.39. The molecule has 0 saturated heterocycles. The van der Waals surface area contributed by atoms with Gasteiger partial charge in [0.25, 0.3) is 5.91 Å². The summed E-state index contributed by atoms with van der Waals surface area (Å²) in [6, 6.07) is 12.7. The molecule has 8 heteroatoms. The van der Waals surface area contributed by atoms with Crippen molar-refractivity contribution in [1.82, 2.24) is 4.72 Å². The normalized spacial score (nSPS) is 11.4. The van der Waals surface area contributed by atoms with E-state index in [0.29, 0.717) is 23.5 Å². The highest BCUT2D eigenvalue weighted by Gasteiger charge is 2.15. The molecule has 168 valence electrons. The Morgan fingerprint density at radius 2 is 1.39 bits per heavy atom. The quantitative estimate of drug-likeness (QED) is 0.446. The standard InChI is InChI=1S/C23H31N3O4S/c1-4-7-16-24-31(29,30)21-14-12-20(13-15-21)26-23(28)18-8-10-19(11-9-18)25-22(27)17(5-2)6-3/h8-15,17,24H,4-7,16H2,1-3H3,(H,25,27)(H,26,28). The molecule has 7 nitrogen and oxygen atoms in total. The van der Waals surface area contributed by atoms with E-state index in [1.165, 1.54) is 12.1 Å². The number of rotatable bonds is 11. The van der Waals surface area contributed by atoms with Gasteiger partial charge >= 0.3 is 0 Å². The van der Waals surface area contributed by atoms with E-state index in [9.17, 15) is 18.0 Å². The Hall–Kier alpha value is -2.71. The van der Waals surface area contributed by atoms with Gasteiger partial charge in [-0.05, 0) is 67.8 Å². The second kappa shape index (κ2) is 11.6. The molecule has 2 aromatic rings. The van der Waals surface area contributed by atoms with Crippen LogP contribution in [0.4, 0.5) is 11.4 Å². The zero-order valence-electron chi connectivity index (χ0n) is 18.3. The largest absolute Gasteiger partial charge is 0.326 e. The number of carbonyl (C=O) groups excluding carboxylic acids is 2. The lowest BCUT2D eigenvalue weighted by Crippen LogP contribution is -2.24. The molecule has 3 N–H and O–H groups in total. The van der Waals surface area contributed by atoms with E-state index >= 15 is 0 Å². The summed E-state index contributed by atoms with van der Waals surface area (Å²) >= 11 is 0. The molecule has 0 fully saturated rings. The Morgan fingerprint density at radius 3 is 1.94 bits per heavy atom. The number of nitrogens with one attached hydrogen (secondary N) is 3. The molecule has 0 spiro atoms. The van der Waals surface area contributed by atoms with E-state index in [1.807, 2.05) is 20.8 Å². The first-order valence-electron chi connectivity index (χ1n) is 10.6. The van der Waals surface area contributed by atoms with Gasteiger partial charge in [-0.2, -0.15) is 0 Å². The maximum Gasteiger partial charge on any atom is 0.255 e. The van der Waals surface area contributed by atoms with Gasteiger partial charge in [-0.1, -0.05) is 27.2 Å². The van der Waals surface area contributed by atoms with E-state index in [1.54, 1.807) is 36.4 Å². The van der Waals surface area contributed by atoms with Crippen LogP contribution in [-0.2, 0) is 14.8 Å². The number of hydrogen-bond acceptors (Lipinski definition) is 4. The topological polar surface area (TPSA) is 104 Å². The highest BCUT2D eigenvalue weighted by molar-refractivity contribution is 7.89. The fourth-order valence-electron chi connectivity index (χ4n) is 3.00. The molecule has 0 aliphatic rings. The van der Waals surface area contributed by atoms with Crippen LogP contribution in [-0.4, -0.2) is 26.8 Å². The lowest BCUT2D eigenvalue weighted by atomic mass is 10.0. The lowest BCUT2D eigenvalue weighted by molar-refractivity contribution is -0.120. The summed E-state index contributed by atoms with van der Waals surface area (Å²) < 4.78 is 27.0. The number of carbonyl (C=O) groups is 2. The van der Waals surface area contributed by atoms with Gasteiger partial charge < -0.3 is 10.6 Å². The van der Waals surface area contributed by atoms with Crippen molar-refractivity contribution in [2.45, 2.75) is 51.3 Å². The zero-order valence-corrected chi connectivity index (χ0v) is 19.1. The summed E-state index contributed by atoms with van der Waals surface area (Å²) in [5, 5.41) is 5.61. The van der Waals surface area contributed by atoms with Crippen molar-refractivity contribution in [3.63, 3.8) is 0 Å². The van der Waals surface area contributed by atoms with E-state index < -0.39 is 10.0 Å². The molecule has 0 aliphatic carbocycles. The predicted molar refractivity (Wildman–Crippen MR) is 124 cm³/mol. The Bertz CT molecular complexity index is 967. The van der Waals surface area contributed by atoms with Crippen molar-refractivity contribution in [1.29, 1.82) is 0 Å². The van der Waals surface area contributed by atoms with Crippen LogP contribution in [0.15, 0.2) is 53.4 Å². The van der Waals surface area contributed by atoms with Crippen LogP contribution in [0.1, 0.15) is 56.8 Å². The first-order valence-corrected chi connectivity index (χ1v) is 12.1. The fraction of sp³-hybridized carbons (Fsp3) is 0.391. The Morgan fingerprint density at radius 1 is 0.839 bits per heavy atom. The summed E-state index contributed by atoms with van der Waals surface area (Å²) in [6.07, 6.45) is 3.22. The van der Waals surface area contributed by atoms with Crippen LogP contribution in [0.5, 0.6) is 0 Å². The minimum atomic E-state index is -3.55. The van der Waals surface area contributed by atoms with E-state index in [2.05, 4.69) is 15.4 Å². The molecule has 0 bridgehead atoms. The molecule has 0 heterocycles. The molecule has 31 heavy (non-hydrogen) atoms. The van der Waals surface area contributed by atoms with E-state index in [-0.39, 0.29) is 22.6 Å². The molecular weight excluding hydrogens is 414 g/mol. The van der Waals surface area contributed by atoms with Crippen molar-refractivity contribution in [2.24, 2.45) is 5.92 Å².